The third kappa shape index (κ3) is 3.29. The number of aromatic nitrogens is 1. The number of aryl methyl sites for hydroxylation is 1. The van der Waals surface area contributed by atoms with Gasteiger partial charge in [0.1, 0.15) is 5.82 Å². The molecule has 0 radical (unpaired) electrons. The molecule has 0 aliphatic rings. The molecule has 0 unspecified atom stereocenters. The van der Waals surface area contributed by atoms with Gasteiger partial charge in [-0.15, -0.1) is 0 Å². The monoisotopic (exact) mass is 353 g/mol. The summed E-state index contributed by atoms with van der Waals surface area (Å²) in [7, 11) is 1.77. The summed E-state index contributed by atoms with van der Waals surface area (Å²) in [5, 5.41) is 6.30. The van der Waals surface area contributed by atoms with E-state index in [1.54, 1.807) is 25.2 Å². The maximum absolute atomic E-state index is 12.1. The van der Waals surface area contributed by atoms with Crippen LogP contribution in [0.1, 0.15) is 15.9 Å². The summed E-state index contributed by atoms with van der Waals surface area (Å²) < 4.78 is 0.785. The fourth-order valence-electron chi connectivity index (χ4n) is 1.61. The lowest BCUT2D eigenvalue weighted by Crippen LogP contribution is -2.13. The van der Waals surface area contributed by atoms with Crippen molar-refractivity contribution in [3.05, 3.63) is 51.1 Å². The lowest BCUT2D eigenvalue weighted by molar-refractivity contribution is 0.102. The predicted octanol–water partition coefficient (Wildman–Crippen LogP) is 4.10. The van der Waals surface area contributed by atoms with E-state index in [2.05, 4.69) is 31.5 Å². The number of pyridine rings is 1. The largest absolute Gasteiger partial charge is 0.373 e. The van der Waals surface area contributed by atoms with Gasteiger partial charge in [-0.05, 0) is 52.7 Å². The van der Waals surface area contributed by atoms with Crippen LogP contribution in [-0.2, 0) is 0 Å². The van der Waals surface area contributed by atoms with Crippen LogP contribution in [0.4, 0.5) is 11.5 Å². The molecule has 0 aliphatic heterocycles. The van der Waals surface area contributed by atoms with Crippen LogP contribution in [0.3, 0.4) is 0 Å². The van der Waals surface area contributed by atoms with Gasteiger partial charge in [-0.25, -0.2) is 4.98 Å². The minimum Gasteiger partial charge on any atom is -0.373 e. The molecule has 1 aromatic carbocycles. The fraction of sp³-hybridized carbons (Fsp3) is 0.143. The first-order valence-corrected chi connectivity index (χ1v) is 7.09. The molecule has 0 bridgehead atoms. The van der Waals surface area contributed by atoms with Crippen LogP contribution in [-0.4, -0.2) is 17.9 Å². The van der Waals surface area contributed by atoms with E-state index in [1.165, 1.54) is 6.20 Å². The Morgan fingerprint density at radius 3 is 2.70 bits per heavy atom. The van der Waals surface area contributed by atoms with Gasteiger partial charge in [0.05, 0.1) is 11.3 Å². The summed E-state index contributed by atoms with van der Waals surface area (Å²) in [4.78, 5) is 16.2. The number of carbonyl (C=O) groups is 1. The van der Waals surface area contributed by atoms with Gasteiger partial charge in [-0.3, -0.25) is 4.79 Å². The number of hydrogen-bond acceptors (Lipinski definition) is 3. The number of halogens is 2. The first kappa shape index (κ1) is 14.8. The summed E-state index contributed by atoms with van der Waals surface area (Å²) >= 11 is 9.47. The van der Waals surface area contributed by atoms with Gasteiger partial charge in [0.25, 0.3) is 5.91 Å². The second kappa shape index (κ2) is 6.24. The molecule has 0 fully saturated rings. The van der Waals surface area contributed by atoms with E-state index in [4.69, 9.17) is 11.6 Å². The molecular formula is C14H13BrClN3O. The maximum atomic E-state index is 12.1. The minimum atomic E-state index is -0.235. The van der Waals surface area contributed by atoms with Gasteiger partial charge >= 0.3 is 0 Å². The van der Waals surface area contributed by atoms with E-state index in [9.17, 15) is 4.79 Å². The standard InChI is InChI=1S/C14H13BrClN3O/c1-8-5-10(15)12(6-11(8)16)19-14(20)9-3-4-13(17-2)18-7-9/h3-7H,1-2H3,(H,17,18)(H,19,20). The number of hydrogen-bond donors (Lipinski definition) is 2. The Labute approximate surface area is 130 Å². The van der Waals surface area contributed by atoms with E-state index < -0.39 is 0 Å². The predicted molar refractivity (Wildman–Crippen MR) is 85.6 cm³/mol. The number of rotatable bonds is 3. The molecule has 1 heterocycles. The molecule has 6 heteroatoms. The van der Waals surface area contributed by atoms with Crippen molar-refractivity contribution in [2.24, 2.45) is 0 Å². The highest BCUT2D eigenvalue weighted by atomic mass is 79.9. The number of carbonyl (C=O) groups excluding carboxylic acids is 1. The van der Waals surface area contributed by atoms with Crippen LogP contribution in [0.2, 0.25) is 5.02 Å². The highest BCUT2D eigenvalue weighted by Crippen LogP contribution is 2.29. The maximum Gasteiger partial charge on any atom is 0.257 e. The highest BCUT2D eigenvalue weighted by molar-refractivity contribution is 9.10. The number of amides is 1. The molecule has 0 atom stereocenters. The van der Waals surface area contributed by atoms with Gasteiger partial charge in [-0.1, -0.05) is 11.6 Å². The molecule has 4 nitrogen and oxygen atoms in total. The molecule has 2 aromatic rings. The van der Waals surface area contributed by atoms with E-state index >= 15 is 0 Å². The molecule has 0 saturated carbocycles. The zero-order valence-electron chi connectivity index (χ0n) is 11.0. The Morgan fingerprint density at radius 2 is 2.10 bits per heavy atom. The number of nitrogens with zero attached hydrogens (tertiary/aromatic N) is 1. The zero-order chi connectivity index (χ0) is 14.7. The Hall–Kier alpha value is -1.59. The van der Waals surface area contributed by atoms with Crippen molar-refractivity contribution >= 4 is 44.9 Å². The average Bonchev–Trinajstić information content (AvgIpc) is 2.44. The Kier molecular flexibility index (Phi) is 4.62. The average molecular weight is 355 g/mol. The Morgan fingerprint density at radius 1 is 1.35 bits per heavy atom. The van der Waals surface area contributed by atoms with Crippen molar-refractivity contribution in [2.45, 2.75) is 6.92 Å². The van der Waals surface area contributed by atoms with E-state index in [0.717, 1.165) is 10.0 Å². The van der Waals surface area contributed by atoms with Crippen molar-refractivity contribution in [2.75, 3.05) is 17.7 Å². The molecule has 0 saturated heterocycles. The van der Waals surface area contributed by atoms with E-state index in [0.29, 0.717) is 22.1 Å². The lowest BCUT2D eigenvalue weighted by atomic mass is 10.2. The SMILES string of the molecule is CNc1ccc(C(=O)Nc2cc(Cl)c(C)cc2Br)cn1. The second-order valence-electron chi connectivity index (χ2n) is 4.22. The molecule has 104 valence electrons. The first-order chi connectivity index (χ1) is 9.51. The van der Waals surface area contributed by atoms with Gasteiger partial charge in [0.15, 0.2) is 0 Å². The molecule has 0 spiro atoms. The summed E-state index contributed by atoms with van der Waals surface area (Å²) in [5.41, 5.74) is 2.05. The van der Waals surface area contributed by atoms with Gasteiger partial charge in [-0.2, -0.15) is 0 Å². The molecule has 1 amide bonds. The van der Waals surface area contributed by atoms with Crippen LogP contribution in [0.5, 0.6) is 0 Å². The number of nitrogens with one attached hydrogen (secondary N) is 2. The summed E-state index contributed by atoms with van der Waals surface area (Å²) in [6.07, 6.45) is 1.52. The normalized spacial score (nSPS) is 10.2. The minimum absolute atomic E-state index is 0.235. The third-order valence-electron chi connectivity index (χ3n) is 2.78. The van der Waals surface area contributed by atoms with Gasteiger partial charge < -0.3 is 10.6 Å². The van der Waals surface area contributed by atoms with Crippen LogP contribution < -0.4 is 10.6 Å². The highest BCUT2D eigenvalue weighted by Gasteiger charge is 2.10. The van der Waals surface area contributed by atoms with Crippen molar-refractivity contribution in [1.82, 2.24) is 4.98 Å². The quantitative estimate of drug-likeness (QED) is 0.872. The number of anilines is 2. The van der Waals surface area contributed by atoms with Crippen molar-refractivity contribution in [3.63, 3.8) is 0 Å². The number of benzene rings is 1. The second-order valence-corrected chi connectivity index (χ2v) is 5.48. The lowest BCUT2D eigenvalue weighted by Gasteiger charge is -2.09. The molecule has 1 aromatic heterocycles. The third-order valence-corrected chi connectivity index (χ3v) is 3.84. The smallest absolute Gasteiger partial charge is 0.257 e. The topological polar surface area (TPSA) is 54.0 Å². The van der Waals surface area contributed by atoms with Crippen LogP contribution in [0.15, 0.2) is 34.9 Å². The zero-order valence-corrected chi connectivity index (χ0v) is 13.3. The van der Waals surface area contributed by atoms with Crippen molar-refractivity contribution in [1.29, 1.82) is 0 Å². The van der Waals surface area contributed by atoms with Crippen molar-refractivity contribution in [3.8, 4) is 0 Å². The van der Waals surface area contributed by atoms with Crippen molar-refractivity contribution < 1.29 is 4.79 Å². The summed E-state index contributed by atoms with van der Waals surface area (Å²) in [5.74, 6) is 0.474. The fourth-order valence-corrected chi connectivity index (χ4v) is 2.33. The Bertz CT molecular complexity index is 644. The molecule has 2 rings (SSSR count). The molecule has 0 aliphatic carbocycles. The van der Waals surface area contributed by atoms with E-state index in [-0.39, 0.29) is 5.91 Å². The summed E-state index contributed by atoms with van der Waals surface area (Å²) in [6, 6.07) is 7.03. The molecule has 2 N–H and O–H groups in total. The summed E-state index contributed by atoms with van der Waals surface area (Å²) in [6.45, 7) is 1.90. The van der Waals surface area contributed by atoms with Crippen LogP contribution >= 0.6 is 27.5 Å². The molecular weight excluding hydrogens is 342 g/mol. The van der Waals surface area contributed by atoms with Crippen LogP contribution in [0.25, 0.3) is 0 Å². The van der Waals surface area contributed by atoms with Gasteiger partial charge in [0, 0.05) is 22.7 Å². The van der Waals surface area contributed by atoms with Crippen LogP contribution in [0, 0.1) is 6.92 Å². The Balaban J connectivity index is 2.20. The first-order valence-electron chi connectivity index (χ1n) is 5.92. The van der Waals surface area contributed by atoms with E-state index in [1.807, 2.05) is 13.0 Å². The van der Waals surface area contributed by atoms with Gasteiger partial charge in [0.2, 0.25) is 0 Å². The molecule has 20 heavy (non-hydrogen) atoms.